The molecule has 0 spiro atoms. The van der Waals surface area contributed by atoms with E-state index in [4.69, 9.17) is 10.5 Å². The Morgan fingerprint density at radius 3 is 2.59 bits per heavy atom. The minimum Gasteiger partial charge on any atom is -0.497 e. The van der Waals surface area contributed by atoms with Crippen LogP contribution in [0.4, 0.5) is 0 Å². The average molecular weight is 258 g/mol. The van der Waals surface area contributed by atoms with E-state index in [-0.39, 0.29) is 11.4 Å². The van der Waals surface area contributed by atoms with Gasteiger partial charge in [0.15, 0.2) is 0 Å². The number of methoxy groups -OCH3 is 1. The molecular weight excluding hydrogens is 240 g/mol. The first kappa shape index (κ1) is 14.0. The molecule has 1 aromatic carbocycles. The Bertz CT molecular complexity index is 478. The lowest BCUT2D eigenvalue weighted by Crippen LogP contribution is -2.45. The van der Waals surface area contributed by atoms with E-state index >= 15 is 0 Å². The lowest BCUT2D eigenvalue weighted by atomic mass is 10.1. The van der Waals surface area contributed by atoms with Crippen molar-refractivity contribution in [2.45, 2.75) is 24.3 Å². The summed E-state index contributed by atoms with van der Waals surface area (Å²) in [5, 5.41) is 0. The molecule has 1 rings (SSSR count). The Hall–Kier alpha value is -1.11. The Kier molecular flexibility index (Phi) is 4.13. The van der Waals surface area contributed by atoms with Crippen molar-refractivity contribution in [2.75, 3.05) is 13.7 Å². The Balaban J connectivity index is 2.89. The van der Waals surface area contributed by atoms with Crippen molar-refractivity contribution < 1.29 is 13.2 Å². The quantitative estimate of drug-likeness (QED) is 0.815. The van der Waals surface area contributed by atoms with Gasteiger partial charge in [-0.05, 0) is 26.0 Å². The fourth-order valence-electron chi connectivity index (χ4n) is 1.13. The van der Waals surface area contributed by atoms with Gasteiger partial charge in [-0.25, -0.2) is 13.1 Å². The molecule has 0 unspecified atom stereocenters. The third-order valence-corrected chi connectivity index (χ3v) is 3.47. The first-order valence-electron chi connectivity index (χ1n) is 5.17. The molecule has 17 heavy (non-hydrogen) atoms. The molecule has 1 aromatic rings. The molecule has 6 heteroatoms. The van der Waals surface area contributed by atoms with Gasteiger partial charge in [0, 0.05) is 18.2 Å². The van der Waals surface area contributed by atoms with Gasteiger partial charge < -0.3 is 10.5 Å². The number of ether oxygens (including phenoxy) is 1. The predicted molar refractivity (Wildman–Crippen MR) is 66.4 cm³/mol. The first-order chi connectivity index (χ1) is 7.74. The molecule has 0 saturated heterocycles. The first-order valence-corrected chi connectivity index (χ1v) is 6.65. The maximum absolute atomic E-state index is 11.9. The van der Waals surface area contributed by atoms with Crippen LogP contribution < -0.4 is 15.2 Å². The van der Waals surface area contributed by atoms with Crippen molar-refractivity contribution in [1.82, 2.24) is 4.72 Å². The summed E-state index contributed by atoms with van der Waals surface area (Å²) in [4.78, 5) is 0.168. The molecule has 0 heterocycles. The van der Waals surface area contributed by atoms with E-state index in [2.05, 4.69) is 4.72 Å². The highest BCUT2D eigenvalue weighted by atomic mass is 32.2. The lowest BCUT2D eigenvalue weighted by Gasteiger charge is -2.19. The third-order valence-electron chi connectivity index (χ3n) is 2.07. The number of nitrogens with one attached hydrogen (secondary N) is 1. The summed E-state index contributed by atoms with van der Waals surface area (Å²) in [6, 6.07) is 6.28. The van der Waals surface area contributed by atoms with E-state index in [1.54, 1.807) is 26.0 Å². The maximum Gasteiger partial charge on any atom is 0.240 e. The van der Waals surface area contributed by atoms with Crippen molar-refractivity contribution in [3.8, 4) is 5.75 Å². The molecule has 0 atom stereocenters. The van der Waals surface area contributed by atoms with Gasteiger partial charge >= 0.3 is 0 Å². The summed E-state index contributed by atoms with van der Waals surface area (Å²) in [5.74, 6) is 0.500. The maximum atomic E-state index is 11.9. The summed E-state index contributed by atoms with van der Waals surface area (Å²) in [7, 11) is -2.05. The second kappa shape index (κ2) is 5.03. The lowest BCUT2D eigenvalue weighted by molar-refractivity contribution is 0.413. The monoisotopic (exact) mass is 258 g/mol. The van der Waals surface area contributed by atoms with Crippen LogP contribution in [0.3, 0.4) is 0 Å². The Labute approximate surface area is 102 Å². The highest BCUT2D eigenvalue weighted by molar-refractivity contribution is 7.89. The molecule has 0 saturated carbocycles. The highest BCUT2D eigenvalue weighted by Gasteiger charge is 2.18. The summed E-state index contributed by atoms with van der Waals surface area (Å²) < 4.78 is 31.3. The second-order valence-electron chi connectivity index (χ2n) is 4.49. The minimum absolute atomic E-state index is 0.168. The van der Waals surface area contributed by atoms with E-state index in [1.807, 2.05) is 0 Å². The molecule has 0 aliphatic carbocycles. The van der Waals surface area contributed by atoms with Gasteiger partial charge in [0.2, 0.25) is 10.0 Å². The highest BCUT2D eigenvalue weighted by Crippen LogP contribution is 2.16. The third kappa shape index (κ3) is 4.33. The molecular formula is C11H18N2O3S. The summed E-state index contributed by atoms with van der Waals surface area (Å²) in [5.41, 5.74) is 5.13. The fraction of sp³-hybridized carbons (Fsp3) is 0.455. The van der Waals surface area contributed by atoms with Gasteiger partial charge in [0.25, 0.3) is 0 Å². The molecule has 0 aromatic heterocycles. The molecule has 3 N–H and O–H groups in total. The van der Waals surface area contributed by atoms with E-state index in [0.717, 1.165) is 0 Å². The van der Waals surface area contributed by atoms with Crippen LogP contribution in [0.25, 0.3) is 0 Å². The molecule has 5 nitrogen and oxygen atoms in total. The average Bonchev–Trinajstić information content (AvgIpc) is 2.26. The van der Waals surface area contributed by atoms with Gasteiger partial charge in [-0.1, -0.05) is 6.07 Å². The van der Waals surface area contributed by atoms with Crippen molar-refractivity contribution in [2.24, 2.45) is 5.73 Å². The van der Waals surface area contributed by atoms with E-state index in [9.17, 15) is 8.42 Å². The van der Waals surface area contributed by atoms with Crippen LogP contribution in [0.1, 0.15) is 13.8 Å². The number of rotatable bonds is 5. The topological polar surface area (TPSA) is 81.4 Å². The van der Waals surface area contributed by atoms with Crippen molar-refractivity contribution in [3.05, 3.63) is 24.3 Å². The van der Waals surface area contributed by atoms with Gasteiger partial charge in [-0.2, -0.15) is 0 Å². The second-order valence-corrected chi connectivity index (χ2v) is 6.26. The Morgan fingerprint density at radius 1 is 1.41 bits per heavy atom. The SMILES string of the molecule is COc1cccc(S(=O)(=O)NCC(C)(C)N)c1. The molecule has 0 aliphatic rings. The van der Waals surface area contributed by atoms with Crippen LogP contribution in [0.15, 0.2) is 29.2 Å². The van der Waals surface area contributed by atoms with Crippen LogP contribution in [-0.4, -0.2) is 27.6 Å². The minimum atomic E-state index is -3.54. The molecule has 0 amide bonds. The van der Waals surface area contributed by atoms with Crippen molar-refractivity contribution in [3.63, 3.8) is 0 Å². The van der Waals surface area contributed by atoms with Gasteiger partial charge in [-0.3, -0.25) is 0 Å². The van der Waals surface area contributed by atoms with E-state index in [0.29, 0.717) is 5.75 Å². The predicted octanol–water partition coefficient (Wildman–Crippen LogP) is 0.711. The summed E-state index contributed by atoms with van der Waals surface area (Å²) >= 11 is 0. The summed E-state index contributed by atoms with van der Waals surface area (Å²) in [6.07, 6.45) is 0. The zero-order valence-corrected chi connectivity index (χ0v) is 11.0. The molecule has 0 radical (unpaired) electrons. The Morgan fingerprint density at radius 2 is 2.06 bits per heavy atom. The summed E-state index contributed by atoms with van der Waals surface area (Å²) in [6.45, 7) is 3.68. The molecule has 0 aliphatic heterocycles. The van der Waals surface area contributed by atoms with Crippen molar-refractivity contribution >= 4 is 10.0 Å². The number of hydrogen-bond acceptors (Lipinski definition) is 4. The molecule has 0 fully saturated rings. The van der Waals surface area contributed by atoms with Crippen LogP contribution in [0.2, 0.25) is 0 Å². The number of sulfonamides is 1. The largest absolute Gasteiger partial charge is 0.497 e. The van der Waals surface area contributed by atoms with Crippen molar-refractivity contribution in [1.29, 1.82) is 0 Å². The van der Waals surface area contributed by atoms with Crippen LogP contribution >= 0.6 is 0 Å². The van der Waals surface area contributed by atoms with Gasteiger partial charge in [0.1, 0.15) is 5.75 Å². The normalized spacial score (nSPS) is 12.5. The number of benzene rings is 1. The zero-order valence-electron chi connectivity index (χ0n) is 10.2. The van der Waals surface area contributed by atoms with E-state index in [1.165, 1.54) is 19.2 Å². The van der Waals surface area contributed by atoms with Crippen LogP contribution in [-0.2, 0) is 10.0 Å². The van der Waals surface area contributed by atoms with Gasteiger partial charge in [0.05, 0.1) is 12.0 Å². The van der Waals surface area contributed by atoms with E-state index < -0.39 is 15.6 Å². The standard InChI is InChI=1S/C11H18N2O3S/c1-11(2,12)8-13-17(14,15)10-6-4-5-9(7-10)16-3/h4-7,13H,8,12H2,1-3H3. The van der Waals surface area contributed by atoms with Crippen LogP contribution in [0, 0.1) is 0 Å². The number of nitrogens with two attached hydrogens (primary N) is 1. The zero-order chi connectivity index (χ0) is 13.1. The fourth-order valence-corrected chi connectivity index (χ4v) is 2.39. The molecule has 0 bridgehead atoms. The van der Waals surface area contributed by atoms with Crippen LogP contribution in [0.5, 0.6) is 5.75 Å². The smallest absolute Gasteiger partial charge is 0.240 e. The van der Waals surface area contributed by atoms with Gasteiger partial charge in [-0.15, -0.1) is 0 Å². The number of hydrogen-bond donors (Lipinski definition) is 2. The molecule has 96 valence electrons.